The Morgan fingerprint density at radius 2 is 1.88 bits per heavy atom. The third-order valence-electron chi connectivity index (χ3n) is 2.27. The third-order valence-corrected chi connectivity index (χ3v) is 2.27. The quantitative estimate of drug-likeness (QED) is 0.715. The van der Waals surface area contributed by atoms with Crippen LogP contribution in [0.15, 0.2) is 24.3 Å². The molecule has 0 atom stereocenters. The predicted octanol–water partition coefficient (Wildman–Crippen LogP) is 2.57. The molecule has 16 heavy (non-hydrogen) atoms. The van der Waals surface area contributed by atoms with Crippen molar-refractivity contribution in [1.82, 2.24) is 4.90 Å². The predicted molar refractivity (Wildman–Crippen MR) is 64.9 cm³/mol. The van der Waals surface area contributed by atoms with Gasteiger partial charge in [-0.1, -0.05) is 13.3 Å². The van der Waals surface area contributed by atoms with Crippen LogP contribution in [0.1, 0.15) is 30.1 Å². The van der Waals surface area contributed by atoms with E-state index in [0.717, 1.165) is 25.2 Å². The lowest BCUT2D eigenvalue weighted by molar-refractivity contribution is 0.0827. The van der Waals surface area contributed by atoms with E-state index in [1.54, 1.807) is 31.1 Å². The zero-order valence-corrected chi connectivity index (χ0v) is 10.2. The first-order valence-electron chi connectivity index (χ1n) is 5.59. The van der Waals surface area contributed by atoms with Crippen LogP contribution < -0.4 is 4.74 Å². The zero-order valence-electron chi connectivity index (χ0n) is 10.2. The number of hydrogen-bond donors (Lipinski definition) is 0. The van der Waals surface area contributed by atoms with Gasteiger partial charge in [-0.2, -0.15) is 0 Å². The van der Waals surface area contributed by atoms with E-state index < -0.39 is 0 Å². The monoisotopic (exact) mass is 221 g/mol. The lowest BCUT2D eigenvalue weighted by Gasteiger charge is -2.10. The molecule has 0 bridgehead atoms. The van der Waals surface area contributed by atoms with Crippen LogP contribution in [0.2, 0.25) is 0 Å². The van der Waals surface area contributed by atoms with Gasteiger partial charge < -0.3 is 9.64 Å². The smallest absolute Gasteiger partial charge is 0.253 e. The standard InChI is InChI=1S/C13H19NO2/c1-4-5-10-16-12-8-6-11(7-9-12)13(15)14(2)3/h6-9H,4-5,10H2,1-3H3. The molecule has 0 saturated carbocycles. The summed E-state index contributed by atoms with van der Waals surface area (Å²) in [6.45, 7) is 2.86. The Morgan fingerprint density at radius 3 is 2.38 bits per heavy atom. The summed E-state index contributed by atoms with van der Waals surface area (Å²) >= 11 is 0. The third kappa shape index (κ3) is 3.57. The van der Waals surface area contributed by atoms with E-state index in [0.29, 0.717) is 5.56 Å². The number of carbonyl (C=O) groups is 1. The molecule has 0 heterocycles. The Morgan fingerprint density at radius 1 is 1.25 bits per heavy atom. The molecule has 0 unspecified atom stereocenters. The molecule has 0 radical (unpaired) electrons. The first-order chi connectivity index (χ1) is 7.65. The summed E-state index contributed by atoms with van der Waals surface area (Å²) in [6, 6.07) is 7.27. The molecule has 0 aromatic heterocycles. The van der Waals surface area contributed by atoms with Gasteiger partial charge in [-0.15, -0.1) is 0 Å². The molecule has 1 rings (SSSR count). The lowest BCUT2D eigenvalue weighted by Crippen LogP contribution is -2.21. The second kappa shape index (κ2) is 6.16. The molecule has 3 nitrogen and oxygen atoms in total. The van der Waals surface area contributed by atoms with Crippen molar-refractivity contribution in [2.24, 2.45) is 0 Å². The molecule has 1 aromatic carbocycles. The number of nitrogens with zero attached hydrogens (tertiary/aromatic N) is 1. The summed E-state index contributed by atoms with van der Waals surface area (Å²) < 4.78 is 5.52. The number of unbranched alkanes of at least 4 members (excludes halogenated alkanes) is 1. The molecule has 3 heteroatoms. The average Bonchev–Trinajstić information content (AvgIpc) is 2.29. The number of carbonyl (C=O) groups excluding carboxylic acids is 1. The van der Waals surface area contributed by atoms with Crippen molar-refractivity contribution < 1.29 is 9.53 Å². The highest BCUT2D eigenvalue weighted by atomic mass is 16.5. The van der Waals surface area contributed by atoms with Crippen LogP contribution in [0, 0.1) is 0 Å². The fraction of sp³-hybridized carbons (Fsp3) is 0.462. The van der Waals surface area contributed by atoms with Crippen LogP contribution >= 0.6 is 0 Å². The van der Waals surface area contributed by atoms with Crippen LogP contribution in [0.25, 0.3) is 0 Å². The minimum absolute atomic E-state index is 0.0140. The van der Waals surface area contributed by atoms with Crippen molar-refractivity contribution in [2.75, 3.05) is 20.7 Å². The summed E-state index contributed by atoms with van der Waals surface area (Å²) in [5, 5.41) is 0. The van der Waals surface area contributed by atoms with Crippen molar-refractivity contribution in [3.63, 3.8) is 0 Å². The van der Waals surface area contributed by atoms with Crippen molar-refractivity contribution in [3.05, 3.63) is 29.8 Å². The van der Waals surface area contributed by atoms with Crippen LogP contribution in [0.5, 0.6) is 5.75 Å². The molecule has 0 fully saturated rings. The van der Waals surface area contributed by atoms with Gasteiger partial charge in [0.1, 0.15) is 5.75 Å². The summed E-state index contributed by atoms with van der Waals surface area (Å²) in [6.07, 6.45) is 2.18. The van der Waals surface area contributed by atoms with Crippen molar-refractivity contribution in [1.29, 1.82) is 0 Å². The largest absolute Gasteiger partial charge is 0.494 e. The maximum atomic E-state index is 11.6. The van der Waals surface area contributed by atoms with E-state index in [2.05, 4.69) is 6.92 Å². The lowest BCUT2D eigenvalue weighted by atomic mass is 10.2. The van der Waals surface area contributed by atoms with Crippen LogP contribution in [-0.4, -0.2) is 31.5 Å². The van der Waals surface area contributed by atoms with Crippen molar-refractivity contribution >= 4 is 5.91 Å². The van der Waals surface area contributed by atoms with Crippen LogP contribution in [0.4, 0.5) is 0 Å². The van der Waals surface area contributed by atoms with Gasteiger partial charge in [-0.25, -0.2) is 0 Å². The fourth-order valence-corrected chi connectivity index (χ4v) is 1.29. The molecular formula is C13H19NO2. The summed E-state index contributed by atoms with van der Waals surface area (Å²) in [5.74, 6) is 0.837. The van der Waals surface area contributed by atoms with Crippen molar-refractivity contribution in [3.8, 4) is 5.75 Å². The van der Waals surface area contributed by atoms with E-state index in [-0.39, 0.29) is 5.91 Å². The molecule has 0 aliphatic rings. The Labute approximate surface area is 97.0 Å². The maximum Gasteiger partial charge on any atom is 0.253 e. The molecule has 0 aliphatic heterocycles. The molecule has 1 amide bonds. The van der Waals surface area contributed by atoms with Gasteiger partial charge in [0, 0.05) is 19.7 Å². The van der Waals surface area contributed by atoms with Crippen molar-refractivity contribution in [2.45, 2.75) is 19.8 Å². The van der Waals surface area contributed by atoms with E-state index in [1.165, 1.54) is 0 Å². The number of rotatable bonds is 5. The molecule has 0 saturated heterocycles. The Bertz CT molecular complexity index is 330. The highest BCUT2D eigenvalue weighted by Gasteiger charge is 2.06. The second-order valence-corrected chi connectivity index (χ2v) is 3.93. The minimum Gasteiger partial charge on any atom is -0.494 e. The zero-order chi connectivity index (χ0) is 12.0. The molecule has 0 aliphatic carbocycles. The highest BCUT2D eigenvalue weighted by Crippen LogP contribution is 2.13. The SMILES string of the molecule is CCCCOc1ccc(C(=O)N(C)C)cc1. The summed E-state index contributed by atoms with van der Waals surface area (Å²) in [7, 11) is 3.49. The minimum atomic E-state index is 0.0140. The van der Waals surface area contributed by atoms with Gasteiger partial charge in [-0.3, -0.25) is 4.79 Å². The molecule has 0 spiro atoms. The Balaban J connectivity index is 2.57. The van der Waals surface area contributed by atoms with E-state index in [4.69, 9.17) is 4.74 Å². The van der Waals surface area contributed by atoms with E-state index >= 15 is 0 Å². The number of ether oxygens (including phenoxy) is 1. The van der Waals surface area contributed by atoms with Crippen LogP contribution in [0.3, 0.4) is 0 Å². The molecule has 88 valence electrons. The normalized spacial score (nSPS) is 9.94. The fourth-order valence-electron chi connectivity index (χ4n) is 1.29. The number of amides is 1. The summed E-state index contributed by atoms with van der Waals surface area (Å²) in [5.41, 5.74) is 0.688. The van der Waals surface area contributed by atoms with Gasteiger partial charge in [0.2, 0.25) is 0 Å². The first kappa shape index (κ1) is 12.6. The maximum absolute atomic E-state index is 11.6. The average molecular weight is 221 g/mol. The van der Waals surface area contributed by atoms with Gasteiger partial charge in [0.25, 0.3) is 5.91 Å². The summed E-state index contributed by atoms with van der Waals surface area (Å²) in [4.78, 5) is 13.2. The van der Waals surface area contributed by atoms with Gasteiger partial charge >= 0.3 is 0 Å². The molecular weight excluding hydrogens is 202 g/mol. The van der Waals surface area contributed by atoms with E-state index in [1.807, 2.05) is 12.1 Å². The first-order valence-corrected chi connectivity index (χ1v) is 5.59. The number of benzene rings is 1. The number of hydrogen-bond acceptors (Lipinski definition) is 2. The van der Waals surface area contributed by atoms with Gasteiger partial charge in [-0.05, 0) is 30.7 Å². The Hall–Kier alpha value is -1.51. The topological polar surface area (TPSA) is 29.5 Å². The van der Waals surface area contributed by atoms with E-state index in [9.17, 15) is 4.79 Å². The van der Waals surface area contributed by atoms with Gasteiger partial charge in [0.05, 0.1) is 6.61 Å². The highest BCUT2D eigenvalue weighted by molar-refractivity contribution is 5.93. The molecule has 0 N–H and O–H groups in total. The van der Waals surface area contributed by atoms with Gasteiger partial charge in [0.15, 0.2) is 0 Å². The van der Waals surface area contributed by atoms with Crippen LogP contribution in [-0.2, 0) is 0 Å². The molecule has 1 aromatic rings. The second-order valence-electron chi connectivity index (χ2n) is 3.93. The Kier molecular flexibility index (Phi) is 4.83.